The zero-order valence-electron chi connectivity index (χ0n) is 13.3. The summed E-state index contributed by atoms with van der Waals surface area (Å²) in [6.07, 6.45) is 8.41. The summed E-state index contributed by atoms with van der Waals surface area (Å²) in [5.74, 6) is 0.759. The average molecular weight is 346 g/mol. The number of anilines is 1. The predicted octanol–water partition coefficient (Wildman–Crippen LogP) is 3.57. The molecule has 122 valence electrons. The lowest BCUT2D eigenvalue weighted by Gasteiger charge is -2.02. The first kappa shape index (κ1) is 14.4. The molecule has 5 rings (SSSR count). The van der Waals surface area contributed by atoms with Gasteiger partial charge in [0.05, 0.1) is 28.8 Å². The summed E-state index contributed by atoms with van der Waals surface area (Å²) in [7, 11) is 0. The Labute approximate surface area is 147 Å². The van der Waals surface area contributed by atoms with Gasteiger partial charge in [0.1, 0.15) is 16.9 Å². The van der Waals surface area contributed by atoms with Crippen LogP contribution in [0.2, 0.25) is 0 Å². The van der Waals surface area contributed by atoms with Crippen molar-refractivity contribution >= 4 is 44.6 Å². The zero-order chi connectivity index (χ0) is 16.6. The Morgan fingerprint density at radius 3 is 2.96 bits per heavy atom. The van der Waals surface area contributed by atoms with Crippen LogP contribution in [0.5, 0.6) is 0 Å². The number of hydrazone groups is 1. The van der Waals surface area contributed by atoms with E-state index < -0.39 is 0 Å². The van der Waals surface area contributed by atoms with Crippen LogP contribution >= 0.6 is 11.3 Å². The molecule has 0 amide bonds. The highest BCUT2D eigenvalue weighted by Gasteiger charge is 2.20. The van der Waals surface area contributed by atoms with Crippen LogP contribution in [0.1, 0.15) is 22.6 Å². The molecular formula is C18H14N6S. The first-order chi connectivity index (χ1) is 12.4. The second kappa shape index (κ2) is 5.86. The van der Waals surface area contributed by atoms with Gasteiger partial charge in [-0.2, -0.15) is 5.10 Å². The molecule has 1 aliphatic rings. The first-order valence-electron chi connectivity index (χ1n) is 8.14. The van der Waals surface area contributed by atoms with Crippen LogP contribution in [0.3, 0.4) is 0 Å². The molecule has 0 saturated heterocycles. The summed E-state index contributed by atoms with van der Waals surface area (Å²) >= 11 is 1.77. The van der Waals surface area contributed by atoms with Crippen molar-refractivity contribution in [2.75, 3.05) is 5.43 Å². The molecule has 0 spiro atoms. The highest BCUT2D eigenvalue weighted by Crippen LogP contribution is 2.38. The lowest BCUT2D eigenvalue weighted by Crippen LogP contribution is -1.97. The van der Waals surface area contributed by atoms with Crippen LogP contribution in [0, 0.1) is 0 Å². The molecule has 1 aromatic carbocycles. The van der Waals surface area contributed by atoms with Crippen molar-refractivity contribution in [3.63, 3.8) is 0 Å². The molecule has 3 heterocycles. The number of nitrogens with zero attached hydrogens (tertiary/aromatic N) is 5. The zero-order valence-corrected chi connectivity index (χ0v) is 14.1. The fourth-order valence-corrected chi connectivity index (χ4v) is 4.44. The number of benzene rings is 1. The van der Waals surface area contributed by atoms with Gasteiger partial charge in [-0.25, -0.2) is 15.0 Å². The Balaban J connectivity index is 1.45. The molecule has 0 saturated carbocycles. The van der Waals surface area contributed by atoms with Crippen LogP contribution in [-0.4, -0.2) is 26.2 Å². The minimum absolute atomic E-state index is 0.701. The smallest absolute Gasteiger partial charge is 0.158 e. The van der Waals surface area contributed by atoms with E-state index in [1.807, 2.05) is 24.3 Å². The highest BCUT2D eigenvalue weighted by atomic mass is 32.1. The molecule has 0 unspecified atom stereocenters. The lowest BCUT2D eigenvalue weighted by atomic mass is 10.2. The molecule has 4 aromatic rings. The number of hydrogen-bond donors (Lipinski definition) is 1. The van der Waals surface area contributed by atoms with Gasteiger partial charge in [-0.3, -0.25) is 10.4 Å². The standard InChI is InChI=1S/C18H14N6S/c1-2-6-14-13(5-1)19-8-11(23-14)9-22-24-17-16-12-4-3-7-15(12)25-18(16)21-10-20-17/h1-2,5-6,8-10H,3-4,7H2,(H,20,21,24)/b22-9-. The molecule has 1 aliphatic carbocycles. The van der Waals surface area contributed by atoms with Crippen LogP contribution < -0.4 is 5.43 Å². The number of rotatable bonds is 3. The fraction of sp³-hybridized carbons (Fsp3) is 0.167. The molecule has 0 bridgehead atoms. The van der Waals surface area contributed by atoms with Gasteiger partial charge in [0, 0.05) is 4.88 Å². The van der Waals surface area contributed by atoms with E-state index >= 15 is 0 Å². The van der Waals surface area contributed by atoms with Gasteiger partial charge < -0.3 is 0 Å². The summed E-state index contributed by atoms with van der Waals surface area (Å²) in [6, 6.07) is 7.78. The van der Waals surface area contributed by atoms with E-state index in [9.17, 15) is 0 Å². The first-order valence-corrected chi connectivity index (χ1v) is 8.96. The summed E-state index contributed by atoms with van der Waals surface area (Å²) in [4.78, 5) is 20.2. The van der Waals surface area contributed by atoms with E-state index in [0.29, 0.717) is 5.69 Å². The molecule has 25 heavy (non-hydrogen) atoms. The average Bonchev–Trinajstić information content (AvgIpc) is 3.23. The van der Waals surface area contributed by atoms with E-state index in [4.69, 9.17) is 0 Å². The predicted molar refractivity (Wildman–Crippen MR) is 100 cm³/mol. The number of hydrogen-bond acceptors (Lipinski definition) is 7. The monoisotopic (exact) mass is 346 g/mol. The van der Waals surface area contributed by atoms with E-state index in [1.165, 1.54) is 16.9 Å². The van der Waals surface area contributed by atoms with E-state index in [1.54, 1.807) is 30.1 Å². The minimum Gasteiger partial charge on any atom is -0.261 e. The van der Waals surface area contributed by atoms with Gasteiger partial charge in [0.2, 0.25) is 0 Å². The van der Waals surface area contributed by atoms with Crippen molar-refractivity contribution in [3.05, 3.63) is 52.9 Å². The topological polar surface area (TPSA) is 76.0 Å². The maximum atomic E-state index is 4.53. The molecule has 6 nitrogen and oxygen atoms in total. The molecule has 0 radical (unpaired) electrons. The van der Waals surface area contributed by atoms with Crippen LogP contribution in [0.25, 0.3) is 21.3 Å². The number of para-hydroxylation sites is 2. The molecular weight excluding hydrogens is 332 g/mol. The summed E-state index contributed by atoms with van der Waals surface area (Å²) in [5.41, 5.74) is 6.86. The van der Waals surface area contributed by atoms with Crippen LogP contribution in [0.4, 0.5) is 5.82 Å². The molecule has 0 aliphatic heterocycles. The Morgan fingerprint density at radius 1 is 1.08 bits per heavy atom. The van der Waals surface area contributed by atoms with Crippen molar-refractivity contribution < 1.29 is 0 Å². The number of thiophene rings is 1. The minimum atomic E-state index is 0.701. The normalized spacial score (nSPS) is 13.8. The Bertz CT molecular complexity index is 1120. The number of nitrogens with one attached hydrogen (secondary N) is 1. The third-order valence-corrected chi connectivity index (χ3v) is 5.54. The summed E-state index contributed by atoms with van der Waals surface area (Å²) in [5, 5.41) is 5.42. The van der Waals surface area contributed by atoms with Gasteiger partial charge in [-0.1, -0.05) is 12.1 Å². The quantitative estimate of drug-likeness (QED) is 0.453. The van der Waals surface area contributed by atoms with E-state index in [0.717, 1.165) is 39.9 Å². The second-order valence-electron chi connectivity index (χ2n) is 5.91. The summed E-state index contributed by atoms with van der Waals surface area (Å²) < 4.78 is 0. The maximum Gasteiger partial charge on any atom is 0.158 e. The molecule has 7 heteroatoms. The van der Waals surface area contributed by atoms with Crippen LogP contribution in [0.15, 0.2) is 41.9 Å². The van der Waals surface area contributed by atoms with Crippen molar-refractivity contribution in [1.29, 1.82) is 0 Å². The van der Waals surface area contributed by atoms with Crippen molar-refractivity contribution in [2.24, 2.45) is 5.10 Å². The van der Waals surface area contributed by atoms with Gasteiger partial charge in [-0.05, 0) is 37.0 Å². The maximum absolute atomic E-state index is 4.53. The van der Waals surface area contributed by atoms with Crippen molar-refractivity contribution in [1.82, 2.24) is 19.9 Å². The Morgan fingerprint density at radius 2 is 2.00 bits per heavy atom. The lowest BCUT2D eigenvalue weighted by molar-refractivity contribution is 0.917. The highest BCUT2D eigenvalue weighted by molar-refractivity contribution is 7.19. The van der Waals surface area contributed by atoms with Gasteiger partial charge in [-0.15, -0.1) is 11.3 Å². The number of aromatic nitrogens is 4. The largest absolute Gasteiger partial charge is 0.261 e. The van der Waals surface area contributed by atoms with Crippen LogP contribution in [-0.2, 0) is 12.8 Å². The fourth-order valence-electron chi connectivity index (χ4n) is 3.21. The summed E-state index contributed by atoms with van der Waals surface area (Å²) in [6.45, 7) is 0. The van der Waals surface area contributed by atoms with Gasteiger partial charge in [0.25, 0.3) is 0 Å². The van der Waals surface area contributed by atoms with Crippen molar-refractivity contribution in [3.8, 4) is 0 Å². The van der Waals surface area contributed by atoms with E-state index in [2.05, 4.69) is 30.5 Å². The molecule has 1 N–H and O–H groups in total. The number of fused-ring (bicyclic) bond motifs is 4. The Kier molecular flexibility index (Phi) is 3.38. The Hall–Kier alpha value is -2.93. The SMILES string of the molecule is C(=N/Nc1ncnc2sc3c(c12)CCC3)/c1cnc2ccccc2n1. The van der Waals surface area contributed by atoms with Crippen molar-refractivity contribution in [2.45, 2.75) is 19.3 Å². The number of aryl methyl sites for hydroxylation is 2. The van der Waals surface area contributed by atoms with E-state index in [-0.39, 0.29) is 0 Å². The van der Waals surface area contributed by atoms with Gasteiger partial charge >= 0.3 is 0 Å². The molecule has 3 aromatic heterocycles. The second-order valence-corrected chi connectivity index (χ2v) is 7.00. The molecule has 0 atom stereocenters. The third-order valence-electron chi connectivity index (χ3n) is 4.34. The van der Waals surface area contributed by atoms with Gasteiger partial charge in [0.15, 0.2) is 5.82 Å². The molecule has 0 fully saturated rings. The third kappa shape index (κ3) is 2.53.